The maximum atomic E-state index is 12.3. The van der Waals surface area contributed by atoms with Crippen LogP contribution in [0, 0.1) is 111 Å². The molecule has 20 heteroatoms. The predicted molar refractivity (Wildman–Crippen MR) is 576 cm³/mol. The second-order valence-corrected chi connectivity index (χ2v) is 39.1. The fraction of sp³-hybridized carbons (Fsp3) is 0.219. The minimum absolute atomic E-state index is 0.155. The van der Waals surface area contributed by atoms with Crippen LogP contribution in [0.5, 0.6) is 69.0 Å². The Morgan fingerprint density at radius 2 is 0.351 bits per heavy atom. The van der Waals surface area contributed by atoms with Crippen LogP contribution in [0.1, 0.15) is 265 Å². The number of aryl methyl sites for hydroxylation is 16. The fourth-order valence-electron chi connectivity index (χ4n) is 19.7. The van der Waals surface area contributed by atoms with Crippen molar-refractivity contribution in [3.05, 3.63) is 489 Å². The van der Waals surface area contributed by atoms with Gasteiger partial charge in [-0.05, 0) is 423 Å². The molecule has 0 aliphatic heterocycles. The first-order valence-corrected chi connectivity index (χ1v) is 49.0. The Morgan fingerprint density at radius 3 is 0.507 bits per heavy atom. The molecule has 756 valence electrons. The molecule has 148 heavy (non-hydrogen) atoms. The number of methoxy groups -OCH3 is 2. The van der Waals surface area contributed by atoms with E-state index in [1.54, 1.807) is 121 Å². The SMILES string of the molecule is COC(=O)c1ccc(COc2ccc(Cc3ccc(OCc4ccc(C(=O)OC)cc4)c(C(c4cc(C)c(O)cc4C)c4cc(C)c(O)cc4C)c3)cc2C(c2cc(C)c(O)cc2C)c2cc(C)c(O)cc2C)cc1.Cc1cc(C(c2cc(C)c(O)cc2C)c2cc(Cc3ccc(OCc4ccc(C(=O)O)cc4)c(C(c4cc(C)c(O)cc4C)c4cc(C)c(O)cc4C)c3)ccc2OCc2ccc(C(=O)O)cc2)c(C)cc1O. The number of phenols is 8. The van der Waals surface area contributed by atoms with E-state index >= 15 is 0 Å². The third-order valence-corrected chi connectivity index (χ3v) is 28.3. The van der Waals surface area contributed by atoms with Gasteiger partial charge in [-0.3, -0.25) is 0 Å². The van der Waals surface area contributed by atoms with Gasteiger partial charge in [-0.25, -0.2) is 19.2 Å². The molecule has 10 N–H and O–H groups in total. The highest BCUT2D eigenvalue weighted by Gasteiger charge is 2.34. The van der Waals surface area contributed by atoms with Crippen LogP contribution in [0.25, 0.3) is 0 Å². The van der Waals surface area contributed by atoms with E-state index in [-0.39, 0.29) is 83.6 Å². The summed E-state index contributed by atoms with van der Waals surface area (Å²) < 4.78 is 36.9. The van der Waals surface area contributed by atoms with E-state index in [9.17, 15) is 70.2 Å². The van der Waals surface area contributed by atoms with Crippen molar-refractivity contribution in [3.8, 4) is 69.0 Å². The number of carbonyl (C=O) groups excluding carboxylic acids is 2. The summed E-state index contributed by atoms with van der Waals surface area (Å²) in [7, 11) is 2.71. The number of hydrogen-bond donors (Lipinski definition) is 10. The first-order chi connectivity index (χ1) is 70.6. The number of carboxylic acids is 2. The second-order valence-electron chi connectivity index (χ2n) is 39.1. The standard InChI is InChI=1S/C65H64O10.C63H60O10/c1-36-27-56(66)40(5)23-50(36)62(51-24-41(6)57(67)28-37(51)2)54-32-46(15-21-60(54)74-34-44-11-17-48(18-12-44)64(70)72-9)31-47-16-22-61(75-35-45-13-19-49(20-14-45)65(71)73-10)55(33-47)63(52-25-42(7)58(68)29-38(52)3)53-26-43(8)59(69)30-39(53)4;1-34-25-54(64)38(5)21-48(34)60(49-22-39(6)55(65)26-35(49)2)52-30-44(13-19-58(52)72-32-42-9-15-46(16-10-42)62(68)69)29-45-14-20-59(73-33-43-11-17-47(18-12-43)63(70)71)53(31-45)61(50-23-40(7)56(66)27-36(50)3)51-24-41(8)57(67)28-37(51)4/h11-30,32-33,62-63,66-69H,31,34-35H2,1-10H3;9-28,30-31,60-61,64-67H,29,32-33H2,1-8H3,(H,68,69)(H,70,71). The molecule has 0 atom stereocenters. The zero-order valence-corrected chi connectivity index (χ0v) is 86.5. The van der Waals surface area contributed by atoms with Gasteiger partial charge in [0.05, 0.1) is 36.5 Å². The van der Waals surface area contributed by atoms with Gasteiger partial charge in [-0.2, -0.15) is 0 Å². The van der Waals surface area contributed by atoms with Crippen LogP contribution in [0.15, 0.2) is 267 Å². The average Bonchev–Trinajstić information content (AvgIpc) is 0.799. The van der Waals surface area contributed by atoms with Crippen LogP contribution in [0.3, 0.4) is 0 Å². The maximum Gasteiger partial charge on any atom is 0.337 e. The normalized spacial score (nSPS) is 11.3. The molecule has 0 unspecified atom stereocenters. The zero-order valence-electron chi connectivity index (χ0n) is 86.5. The highest BCUT2D eigenvalue weighted by molar-refractivity contribution is 5.90. The Bertz CT molecular complexity index is 7080. The highest BCUT2D eigenvalue weighted by atomic mass is 16.5. The van der Waals surface area contributed by atoms with E-state index in [0.29, 0.717) is 69.2 Å². The summed E-state index contributed by atoms with van der Waals surface area (Å²) in [6.07, 6.45) is 0.960. The zero-order chi connectivity index (χ0) is 106. The quantitative estimate of drug-likeness (QED) is 0.0138. The molecule has 20 nitrogen and oxygen atoms in total. The summed E-state index contributed by atoms with van der Waals surface area (Å²) in [6, 6.07) is 82.7. The van der Waals surface area contributed by atoms with Crippen LogP contribution in [-0.4, -0.2) is 89.2 Å². The van der Waals surface area contributed by atoms with Crippen LogP contribution in [0.4, 0.5) is 0 Å². The molecule has 0 amide bonds. The summed E-state index contributed by atoms with van der Waals surface area (Å²) in [4.78, 5) is 47.9. The molecular weight excluding hydrogens is 1860 g/mol. The molecule has 0 bridgehead atoms. The first kappa shape index (κ1) is 105. The number of aromatic carboxylic acids is 2. The number of rotatable bonds is 32. The van der Waals surface area contributed by atoms with Crippen molar-refractivity contribution in [2.45, 2.75) is 174 Å². The smallest absolute Gasteiger partial charge is 0.337 e. The van der Waals surface area contributed by atoms with Gasteiger partial charge < -0.3 is 79.5 Å². The lowest BCUT2D eigenvalue weighted by molar-refractivity contribution is 0.0592. The van der Waals surface area contributed by atoms with Crippen LogP contribution in [-0.2, 0) is 48.7 Å². The minimum Gasteiger partial charge on any atom is -0.508 e. The van der Waals surface area contributed by atoms with Gasteiger partial charge in [0, 0.05) is 45.9 Å². The Kier molecular flexibility index (Phi) is 32.1. The molecule has 16 aromatic carbocycles. The lowest BCUT2D eigenvalue weighted by Crippen LogP contribution is -2.12. The Labute approximate surface area is 863 Å². The third kappa shape index (κ3) is 23.6. The van der Waals surface area contributed by atoms with Crippen LogP contribution < -0.4 is 18.9 Å². The topological polar surface area (TPSA) is 326 Å². The van der Waals surface area contributed by atoms with Gasteiger partial charge in [0.25, 0.3) is 0 Å². The summed E-state index contributed by atoms with van der Waals surface area (Å²) in [6.45, 7) is 31.6. The summed E-state index contributed by atoms with van der Waals surface area (Å²) in [5.41, 5.74) is 32.2. The number of phenolic OH excluding ortho intramolecular Hbond substituents is 8. The average molecular weight is 1980 g/mol. The number of carboxylic acid groups (broad SMARTS) is 2. The van der Waals surface area contributed by atoms with Crippen molar-refractivity contribution in [2.24, 2.45) is 0 Å². The van der Waals surface area contributed by atoms with Crippen molar-refractivity contribution >= 4 is 23.9 Å². The lowest BCUT2D eigenvalue weighted by atomic mass is 9.78. The van der Waals surface area contributed by atoms with Crippen LogP contribution in [0.2, 0.25) is 0 Å². The predicted octanol–water partition coefficient (Wildman–Crippen LogP) is 27.1. The van der Waals surface area contributed by atoms with E-state index in [4.69, 9.17) is 28.4 Å². The molecule has 0 aromatic heterocycles. The summed E-state index contributed by atoms with van der Waals surface area (Å²) in [5.74, 6) is -0.551. The molecule has 0 fully saturated rings. The number of esters is 2. The number of aromatic hydroxyl groups is 8. The maximum absolute atomic E-state index is 12.3. The monoisotopic (exact) mass is 1980 g/mol. The Morgan fingerprint density at radius 1 is 0.196 bits per heavy atom. The second kappa shape index (κ2) is 45.1. The van der Waals surface area contributed by atoms with E-state index in [1.807, 2.05) is 220 Å². The summed E-state index contributed by atoms with van der Waals surface area (Å²) in [5, 5.41) is 106. The van der Waals surface area contributed by atoms with E-state index in [1.165, 1.54) is 14.2 Å². The number of benzene rings is 16. The Hall–Kier alpha value is -17.0. The lowest BCUT2D eigenvalue weighted by Gasteiger charge is -2.27. The molecule has 0 aliphatic carbocycles. The minimum atomic E-state index is -1.02. The molecule has 0 heterocycles. The molecule has 0 aliphatic rings. The molecule has 0 spiro atoms. The number of carbonyl (C=O) groups is 4. The molecular formula is C128H124O20. The molecule has 16 aromatic rings. The van der Waals surface area contributed by atoms with Crippen molar-refractivity contribution in [2.75, 3.05) is 14.2 Å². The van der Waals surface area contributed by atoms with Gasteiger partial charge in [0.1, 0.15) is 95.4 Å². The van der Waals surface area contributed by atoms with E-state index < -0.39 is 47.5 Å². The van der Waals surface area contributed by atoms with Crippen molar-refractivity contribution in [1.82, 2.24) is 0 Å². The molecule has 16 rings (SSSR count). The van der Waals surface area contributed by atoms with Crippen LogP contribution >= 0.6 is 0 Å². The number of hydrogen-bond acceptors (Lipinski definition) is 18. The molecule has 0 radical (unpaired) electrons. The fourth-order valence-corrected chi connectivity index (χ4v) is 19.7. The largest absolute Gasteiger partial charge is 0.508 e. The van der Waals surface area contributed by atoms with Crippen molar-refractivity contribution < 1.29 is 98.7 Å². The third-order valence-electron chi connectivity index (χ3n) is 28.3. The van der Waals surface area contributed by atoms with Crippen molar-refractivity contribution in [3.63, 3.8) is 0 Å². The molecule has 0 saturated heterocycles. The van der Waals surface area contributed by atoms with E-state index in [0.717, 1.165) is 178 Å². The van der Waals surface area contributed by atoms with Gasteiger partial charge >= 0.3 is 23.9 Å². The van der Waals surface area contributed by atoms with E-state index in [2.05, 4.69) is 36.4 Å². The highest BCUT2D eigenvalue weighted by Crippen LogP contribution is 2.51. The summed E-state index contributed by atoms with van der Waals surface area (Å²) >= 11 is 0. The van der Waals surface area contributed by atoms with Crippen molar-refractivity contribution in [1.29, 1.82) is 0 Å². The van der Waals surface area contributed by atoms with Gasteiger partial charge in [0.2, 0.25) is 0 Å². The Balaban J connectivity index is 0.000000222. The van der Waals surface area contributed by atoms with Gasteiger partial charge in [-0.15, -0.1) is 0 Å². The van der Waals surface area contributed by atoms with Gasteiger partial charge in [0.15, 0.2) is 0 Å². The molecule has 0 saturated carbocycles. The first-order valence-electron chi connectivity index (χ1n) is 49.0. The van der Waals surface area contributed by atoms with Gasteiger partial charge in [-0.1, -0.05) is 146 Å². The number of ether oxygens (including phenoxy) is 6.